The highest BCUT2D eigenvalue weighted by Crippen LogP contribution is 2.43. The Kier molecular flexibility index (Phi) is 4.61. The van der Waals surface area contributed by atoms with Crippen LogP contribution in [0.5, 0.6) is 0 Å². The summed E-state index contributed by atoms with van der Waals surface area (Å²) in [4.78, 5) is 0. The van der Waals surface area contributed by atoms with E-state index in [2.05, 4.69) is 39.9 Å². The molecule has 17 heavy (non-hydrogen) atoms. The lowest BCUT2D eigenvalue weighted by atomic mass is 10.2. The Bertz CT molecular complexity index is 289. The van der Waals surface area contributed by atoms with Crippen molar-refractivity contribution in [2.24, 2.45) is 11.8 Å². The Hall–Kier alpha value is -0.123. The summed E-state index contributed by atoms with van der Waals surface area (Å²) in [5, 5.41) is 9.27. The second-order valence-electron chi connectivity index (χ2n) is 6.90. The van der Waals surface area contributed by atoms with E-state index in [1.807, 2.05) is 6.92 Å². The molecule has 1 fully saturated rings. The molecule has 100 valence electrons. The minimum Gasteiger partial charge on any atom is -0.417 e. The van der Waals surface area contributed by atoms with Crippen molar-refractivity contribution in [3.8, 4) is 0 Å². The number of hydrogen-bond acceptors (Lipinski definition) is 2. The maximum absolute atomic E-state index is 8.97. The van der Waals surface area contributed by atoms with Crippen LogP contribution in [0.3, 0.4) is 0 Å². The predicted molar refractivity (Wildman–Crippen MR) is 75.6 cm³/mol. The fourth-order valence-electron chi connectivity index (χ4n) is 1.62. The third kappa shape index (κ3) is 4.23. The Morgan fingerprint density at radius 1 is 1.41 bits per heavy atom. The van der Waals surface area contributed by atoms with Gasteiger partial charge < -0.3 is 9.53 Å². The number of aliphatic hydroxyl groups is 1. The van der Waals surface area contributed by atoms with Crippen molar-refractivity contribution >= 4 is 8.32 Å². The molecule has 0 heterocycles. The fourth-order valence-corrected chi connectivity index (χ4v) is 2.68. The zero-order valence-corrected chi connectivity index (χ0v) is 13.2. The van der Waals surface area contributed by atoms with Crippen molar-refractivity contribution in [1.82, 2.24) is 0 Å². The van der Waals surface area contributed by atoms with E-state index in [1.165, 1.54) is 6.42 Å². The van der Waals surface area contributed by atoms with Gasteiger partial charge in [-0.25, -0.2) is 0 Å². The first-order valence-corrected chi connectivity index (χ1v) is 9.50. The van der Waals surface area contributed by atoms with Crippen LogP contribution in [0.1, 0.15) is 34.1 Å². The molecule has 0 aromatic heterocycles. The highest BCUT2D eigenvalue weighted by molar-refractivity contribution is 6.74. The van der Waals surface area contributed by atoms with Crippen molar-refractivity contribution in [3.63, 3.8) is 0 Å². The first-order valence-electron chi connectivity index (χ1n) is 6.59. The molecule has 0 aromatic rings. The van der Waals surface area contributed by atoms with Gasteiger partial charge in [-0.15, -0.1) is 0 Å². The standard InChI is InChI=1S/C14H28O2Si/c1-11(9-15)7-12-8-13(12)10-16-17(5,6)14(2,3)4/h7,12-13,15H,8-10H2,1-6H3/t12-,13+/m0/s1. The molecule has 0 aromatic carbocycles. The van der Waals surface area contributed by atoms with Crippen molar-refractivity contribution in [1.29, 1.82) is 0 Å². The molecular formula is C14H28O2Si. The number of hydrogen-bond donors (Lipinski definition) is 1. The number of aliphatic hydroxyl groups excluding tert-OH is 1. The van der Waals surface area contributed by atoms with Crippen LogP contribution in [0.25, 0.3) is 0 Å². The lowest BCUT2D eigenvalue weighted by Crippen LogP contribution is -2.41. The average molecular weight is 256 g/mol. The Balaban J connectivity index is 2.36. The van der Waals surface area contributed by atoms with Crippen LogP contribution in [-0.4, -0.2) is 26.6 Å². The first kappa shape index (κ1) is 14.9. The smallest absolute Gasteiger partial charge is 0.191 e. The Labute approximate surface area is 107 Å². The number of rotatable bonds is 5. The molecule has 0 unspecified atom stereocenters. The molecule has 0 spiro atoms. The lowest BCUT2D eigenvalue weighted by molar-refractivity contribution is 0.268. The van der Waals surface area contributed by atoms with Gasteiger partial charge in [-0.3, -0.25) is 0 Å². The summed E-state index contributed by atoms with van der Waals surface area (Å²) < 4.78 is 6.21. The minimum absolute atomic E-state index is 0.187. The van der Waals surface area contributed by atoms with Crippen LogP contribution >= 0.6 is 0 Å². The third-order valence-electron chi connectivity index (χ3n) is 4.19. The van der Waals surface area contributed by atoms with Crippen LogP contribution in [0.15, 0.2) is 11.6 Å². The van der Waals surface area contributed by atoms with Gasteiger partial charge >= 0.3 is 0 Å². The molecule has 1 N–H and O–H groups in total. The molecule has 2 nitrogen and oxygen atoms in total. The first-order chi connectivity index (χ1) is 7.67. The van der Waals surface area contributed by atoms with E-state index in [0.717, 1.165) is 12.2 Å². The van der Waals surface area contributed by atoms with Crippen molar-refractivity contribution in [3.05, 3.63) is 11.6 Å². The normalized spacial score (nSPS) is 26.2. The second-order valence-corrected chi connectivity index (χ2v) is 11.7. The highest BCUT2D eigenvalue weighted by atomic mass is 28.4. The van der Waals surface area contributed by atoms with Crippen LogP contribution in [0.2, 0.25) is 18.1 Å². The molecule has 2 atom stereocenters. The fraction of sp³-hybridized carbons (Fsp3) is 0.857. The van der Waals surface area contributed by atoms with Crippen LogP contribution in [-0.2, 0) is 4.43 Å². The van der Waals surface area contributed by atoms with E-state index < -0.39 is 8.32 Å². The summed E-state index contributed by atoms with van der Waals surface area (Å²) in [6.45, 7) is 14.5. The highest BCUT2D eigenvalue weighted by Gasteiger charge is 2.41. The van der Waals surface area contributed by atoms with Gasteiger partial charge in [-0.2, -0.15) is 0 Å². The van der Waals surface area contributed by atoms with E-state index in [1.54, 1.807) is 0 Å². The van der Waals surface area contributed by atoms with Gasteiger partial charge in [0.05, 0.1) is 6.61 Å². The average Bonchev–Trinajstić information content (AvgIpc) is 2.92. The summed E-state index contributed by atoms with van der Waals surface area (Å²) in [5.74, 6) is 1.33. The molecule has 1 rings (SSSR count). The SMILES string of the molecule is CC(=C[C@H]1C[C@@H]1CO[Si](C)(C)C(C)(C)C)CO. The quantitative estimate of drug-likeness (QED) is 0.602. The molecule has 1 saturated carbocycles. The predicted octanol–water partition coefficient (Wildman–Crippen LogP) is 3.58. The van der Waals surface area contributed by atoms with Gasteiger partial charge in [0.1, 0.15) is 0 Å². The summed E-state index contributed by atoms with van der Waals surface area (Å²) in [6.07, 6.45) is 3.44. The van der Waals surface area contributed by atoms with Gasteiger partial charge in [-0.1, -0.05) is 32.4 Å². The van der Waals surface area contributed by atoms with E-state index in [0.29, 0.717) is 16.9 Å². The van der Waals surface area contributed by atoms with E-state index in [9.17, 15) is 0 Å². The van der Waals surface area contributed by atoms with Gasteiger partial charge in [-0.05, 0) is 43.3 Å². The van der Waals surface area contributed by atoms with E-state index in [-0.39, 0.29) is 6.61 Å². The molecule has 0 amide bonds. The molecular weight excluding hydrogens is 228 g/mol. The zero-order valence-electron chi connectivity index (χ0n) is 12.2. The molecule has 1 aliphatic rings. The summed E-state index contributed by atoms with van der Waals surface area (Å²) in [6, 6.07) is 0. The van der Waals surface area contributed by atoms with Crippen LogP contribution in [0, 0.1) is 11.8 Å². The maximum atomic E-state index is 8.97. The van der Waals surface area contributed by atoms with Gasteiger partial charge in [0.2, 0.25) is 0 Å². The summed E-state index contributed by atoms with van der Waals surface area (Å²) in [5.41, 5.74) is 1.09. The van der Waals surface area contributed by atoms with Crippen LogP contribution < -0.4 is 0 Å². The topological polar surface area (TPSA) is 29.5 Å². The van der Waals surface area contributed by atoms with Crippen molar-refractivity contribution in [2.45, 2.75) is 52.2 Å². The minimum atomic E-state index is -1.58. The molecule has 0 saturated heterocycles. The van der Waals surface area contributed by atoms with Gasteiger partial charge in [0, 0.05) is 6.61 Å². The molecule has 1 aliphatic carbocycles. The van der Waals surface area contributed by atoms with E-state index in [4.69, 9.17) is 9.53 Å². The van der Waals surface area contributed by atoms with E-state index >= 15 is 0 Å². The molecule has 0 bridgehead atoms. The summed E-state index contributed by atoms with van der Waals surface area (Å²) in [7, 11) is -1.58. The molecule has 0 aliphatic heterocycles. The largest absolute Gasteiger partial charge is 0.417 e. The van der Waals surface area contributed by atoms with Gasteiger partial charge in [0.25, 0.3) is 0 Å². The third-order valence-corrected chi connectivity index (χ3v) is 8.69. The number of allylic oxidation sites excluding steroid dienone is 1. The van der Waals surface area contributed by atoms with Gasteiger partial charge in [0.15, 0.2) is 8.32 Å². The molecule has 3 heteroatoms. The molecule has 0 radical (unpaired) electrons. The summed E-state index contributed by atoms with van der Waals surface area (Å²) >= 11 is 0. The van der Waals surface area contributed by atoms with Crippen molar-refractivity contribution in [2.75, 3.05) is 13.2 Å². The monoisotopic (exact) mass is 256 g/mol. The van der Waals surface area contributed by atoms with Crippen LogP contribution in [0.4, 0.5) is 0 Å². The van der Waals surface area contributed by atoms with Crippen molar-refractivity contribution < 1.29 is 9.53 Å². The maximum Gasteiger partial charge on any atom is 0.191 e. The Morgan fingerprint density at radius 2 is 2.00 bits per heavy atom. The second kappa shape index (κ2) is 5.25. The lowest BCUT2D eigenvalue weighted by Gasteiger charge is -2.36. The zero-order chi connectivity index (χ0) is 13.3. The Morgan fingerprint density at radius 3 is 2.47 bits per heavy atom.